The summed E-state index contributed by atoms with van der Waals surface area (Å²) in [5.74, 6) is -0.892. The van der Waals surface area contributed by atoms with Gasteiger partial charge in [0.25, 0.3) is 0 Å². The van der Waals surface area contributed by atoms with Gasteiger partial charge in [-0.25, -0.2) is 4.79 Å². The highest BCUT2D eigenvalue weighted by atomic mass is 16.5. The molecule has 1 N–H and O–H groups in total. The largest absolute Gasteiger partial charge is 0.479 e. The molecule has 0 saturated heterocycles. The lowest BCUT2D eigenvalue weighted by Gasteiger charge is -2.08. The van der Waals surface area contributed by atoms with Crippen molar-refractivity contribution in [2.24, 2.45) is 0 Å². The SMILES string of the molecule is CC=CCOC(CC)C(=O)O. The molecule has 0 bridgehead atoms. The van der Waals surface area contributed by atoms with Crippen LogP contribution in [0.15, 0.2) is 12.2 Å². The highest BCUT2D eigenvalue weighted by molar-refractivity contribution is 5.72. The van der Waals surface area contributed by atoms with E-state index in [1.54, 1.807) is 13.0 Å². The summed E-state index contributed by atoms with van der Waals surface area (Å²) in [5, 5.41) is 8.52. The van der Waals surface area contributed by atoms with Gasteiger partial charge in [-0.2, -0.15) is 0 Å². The van der Waals surface area contributed by atoms with Crippen molar-refractivity contribution in [2.75, 3.05) is 6.61 Å². The van der Waals surface area contributed by atoms with E-state index in [0.717, 1.165) is 0 Å². The Bertz CT molecular complexity index is 140. The van der Waals surface area contributed by atoms with Gasteiger partial charge in [0.05, 0.1) is 6.61 Å². The molecule has 1 unspecified atom stereocenters. The molecular weight excluding hydrogens is 144 g/mol. The third kappa shape index (κ3) is 4.56. The van der Waals surface area contributed by atoms with Crippen LogP contribution in [0.1, 0.15) is 20.3 Å². The van der Waals surface area contributed by atoms with Crippen molar-refractivity contribution in [1.29, 1.82) is 0 Å². The Morgan fingerprint density at radius 2 is 2.36 bits per heavy atom. The molecule has 0 fully saturated rings. The van der Waals surface area contributed by atoms with Crippen LogP contribution in [-0.4, -0.2) is 23.8 Å². The second-order valence-corrected chi connectivity index (χ2v) is 2.14. The first-order chi connectivity index (χ1) is 5.22. The van der Waals surface area contributed by atoms with Crippen molar-refractivity contribution < 1.29 is 14.6 Å². The lowest BCUT2D eigenvalue weighted by atomic mass is 10.3. The Labute approximate surface area is 66.7 Å². The molecule has 1 atom stereocenters. The average molecular weight is 158 g/mol. The van der Waals surface area contributed by atoms with Crippen molar-refractivity contribution in [3.05, 3.63) is 12.2 Å². The van der Waals surface area contributed by atoms with Crippen LogP contribution in [-0.2, 0) is 9.53 Å². The minimum absolute atomic E-state index is 0.376. The number of carbonyl (C=O) groups is 1. The molecule has 0 spiro atoms. The van der Waals surface area contributed by atoms with E-state index in [9.17, 15) is 4.79 Å². The fraction of sp³-hybridized carbons (Fsp3) is 0.625. The molecule has 0 aliphatic rings. The van der Waals surface area contributed by atoms with Crippen molar-refractivity contribution >= 4 is 5.97 Å². The molecule has 0 saturated carbocycles. The molecule has 0 aromatic heterocycles. The maximum Gasteiger partial charge on any atom is 0.332 e. The second kappa shape index (κ2) is 5.92. The van der Waals surface area contributed by atoms with E-state index >= 15 is 0 Å². The van der Waals surface area contributed by atoms with Crippen LogP contribution in [0.4, 0.5) is 0 Å². The van der Waals surface area contributed by atoms with E-state index < -0.39 is 12.1 Å². The van der Waals surface area contributed by atoms with Gasteiger partial charge < -0.3 is 9.84 Å². The number of aliphatic carboxylic acids is 1. The van der Waals surface area contributed by atoms with Crippen molar-refractivity contribution in [2.45, 2.75) is 26.4 Å². The van der Waals surface area contributed by atoms with E-state index in [0.29, 0.717) is 13.0 Å². The van der Waals surface area contributed by atoms with E-state index in [4.69, 9.17) is 9.84 Å². The molecule has 0 aliphatic carbocycles. The predicted octanol–water partition coefficient (Wildman–Crippen LogP) is 1.44. The Balaban J connectivity index is 3.61. The highest BCUT2D eigenvalue weighted by Gasteiger charge is 2.13. The third-order valence-electron chi connectivity index (χ3n) is 1.28. The van der Waals surface area contributed by atoms with Crippen LogP contribution in [0.5, 0.6) is 0 Å². The number of ether oxygens (including phenoxy) is 1. The Morgan fingerprint density at radius 1 is 1.73 bits per heavy atom. The van der Waals surface area contributed by atoms with E-state index in [2.05, 4.69) is 0 Å². The van der Waals surface area contributed by atoms with Gasteiger partial charge in [-0.05, 0) is 13.3 Å². The molecule has 0 radical (unpaired) electrons. The van der Waals surface area contributed by atoms with Gasteiger partial charge >= 0.3 is 5.97 Å². The standard InChI is InChI=1S/C8H14O3/c1-3-5-6-11-7(4-2)8(9)10/h3,5,7H,4,6H2,1-2H3,(H,9,10). The molecule has 0 aliphatic heterocycles. The molecule has 64 valence electrons. The van der Waals surface area contributed by atoms with Gasteiger partial charge in [-0.15, -0.1) is 0 Å². The first kappa shape index (κ1) is 10.2. The first-order valence-electron chi connectivity index (χ1n) is 3.68. The maximum atomic E-state index is 10.4. The lowest BCUT2D eigenvalue weighted by molar-refractivity contribution is -0.149. The molecule has 3 nitrogen and oxygen atoms in total. The minimum Gasteiger partial charge on any atom is -0.479 e. The zero-order valence-corrected chi connectivity index (χ0v) is 6.91. The number of hydrogen-bond donors (Lipinski definition) is 1. The molecule has 0 aromatic rings. The summed E-state index contributed by atoms with van der Waals surface area (Å²) in [6, 6.07) is 0. The fourth-order valence-corrected chi connectivity index (χ4v) is 0.632. The quantitative estimate of drug-likeness (QED) is 0.616. The summed E-state index contributed by atoms with van der Waals surface area (Å²) >= 11 is 0. The zero-order valence-electron chi connectivity index (χ0n) is 6.91. The van der Waals surface area contributed by atoms with Gasteiger partial charge in [0, 0.05) is 0 Å². The monoisotopic (exact) mass is 158 g/mol. The van der Waals surface area contributed by atoms with Crippen LogP contribution >= 0.6 is 0 Å². The Morgan fingerprint density at radius 3 is 2.73 bits per heavy atom. The van der Waals surface area contributed by atoms with Crippen molar-refractivity contribution in [3.63, 3.8) is 0 Å². The van der Waals surface area contributed by atoms with Crippen molar-refractivity contribution in [3.8, 4) is 0 Å². The summed E-state index contributed by atoms with van der Waals surface area (Å²) in [6.07, 6.45) is 3.46. The Kier molecular flexibility index (Phi) is 5.47. The molecule has 0 aromatic carbocycles. The van der Waals surface area contributed by atoms with Gasteiger partial charge in [0.1, 0.15) is 0 Å². The number of carboxylic acids is 1. The lowest BCUT2D eigenvalue weighted by Crippen LogP contribution is -2.22. The number of rotatable bonds is 5. The van der Waals surface area contributed by atoms with Crippen LogP contribution in [0.2, 0.25) is 0 Å². The molecule has 3 heteroatoms. The van der Waals surface area contributed by atoms with E-state index in [1.165, 1.54) is 0 Å². The van der Waals surface area contributed by atoms with Crippen LogP contribution in [0.3, 0.4) is 0 Å². The highest BCUT2D eigenvalue weighted by Crippen LogP contribution is 1.97. The summed E-state index contributed by atoms with van der Waals surface area (Å²) < 4.78 is 5.01. The maximum absolute atomic E-state index is 10.4. The normalized spacial score (nSPS) is 13.6. The second-order valence-electron chi connectivity index (χ2n) is 2.14. The van der Waals surface area contributed by atoms with E-state index in [1.807, 2.05) is 13.0 Å². The molecule has 0 amide bonds. The number of carboxylic acid groups (broad SMARTS) is 1. The van der Waals surface area contributed by atoms with E-state index in [-0.39, 0.29) is 0 Å². The minimum atomic E-state index is -0.892. The Hall–Kier alpha value is -0.830. The molecule has 0 rings (SSSR count). The number of hydrogen-bond acceptors (Lipinski definition) is 2. The smallest absolute Gasteiger partial charge is 0.332 e. The molecular formula is C8H14O3. The average Bonchev–Trinajstić information content (AvgIpc) is 1.97. The topological polar surface area (TPSA) is 46.5 Å². The predicted molar refractivity (Wildman–Crippen MR) is 42.5 cm³/mol. The zero-order chi connectivity index (χ0) is 8.69. The van der Waals surface area contributed by atoms with Crippen LogP contribution < -0.4 is 0 Å². The summed E-state index contributed by atoms with van der Waals surface area (Å²) in [6.45, 7) is 4.03. The molecule has 0 heterocycles. The molecule has 11 heavy (non-hydrogen) atoms. The number of allylic oxidation sites excluding steroid dienone is 1. The summed E-state index contributed by atoms with van der Waals surface area (Å²) in [5.41, 5.74) is 0. The van der Waals surface area contributed by atoms with Gasteiger partial charge in [0.2, 0.25) is 0 Å². The first-order valence-corrected chi connectivity index (χ1v) is 3.68. The van der Waals surface area contributed by atoms with Gasteiger partial charge in [-0.3, -0.25) is 0 Å². The van der Waals surface area contributed by atoms with Gasteiger partial charge in [0.15, 0.2) is 6.10 Å². The van der Waals surface area contributed by atoms with Gasteiger partial charge in [-0.1, -0.05) is 19.1 Å². The van der Waals surface area contributed by atoms with Crippen LogP contribution in [0, 0.1) is 0 Å². The van der Waals surface area contributed by atoms with Crippen molar-refractivity contribution in [1.82, 2.24) is 0 Å². The fourth-order valence-electron chi connectivity index (χ4n) is 0.632. The summed E-state index contributed by atoms with van der Waals surface area (Å²) in [4.78, 5) is 10.4. The summed E-state index contributed by atoms with van der Waals surface area (Å²) in [7, 11) is 0. The third-order valence-corrected chi connectivity index (χ3v) is 1.28. The van der Waals surface area contributed by atoms with Crippen LogP contribution in [0.25, 0.3) is 0 Å².